The molecule has 0 aliphatic heterocycles. The van der Waals surface area contributed by atoms with E-state index in [2.05, 4.69) is 14.2 Å². The van der Waals surface area contributed by atoms with Gasteiger partial charge in [-0.15, -0.1) is 11.3 Å². The molecule has 28 heavy (non-hydrogen) atoms. The molecule has 2 aromatic rings. The molecule has 1 aromatic heterocycles. The molecule has 0 amide bonds. The number of thiophene rings is 1. The van der Waals surface area contributed by atoms with E-state index in [0.717, 1.165) is 11.3 Å². The molecule has 0 saturated heterocycles. The number of anilines is 2. The lowest BCUT2D eigenvalue weighted by molar-refractivity contribution is 0.0602. The zero-order valence-electron chi connectivity index (χ0n) is 15.4. The Morgan fingerprint density at radius 3 is 2.43 bits per heavy atom. The fourth-order valence-electron chi connectivity index (χ4n) is 2.29. The van der Waals surface area contributed by atoms with Gasteiger partial charge in [-0.3, -0.25) is 9.44 Å². The van der Waals surface area contributed by atoms with E-state index in [1.54, 1.807) is 12.3 Å². The van der Waals surface area contributed by atoms with E-state index >= 15 is 0 Å². The SMILES string of the molecule is CCCS(=O)(=O)Nc1ccc(S(=O)(=O)Nc2sccc2C(=O)OC)c(OC)c1. The number of hydrogen-bond acceptors (Lipinski definition) is 8. The molecule has 0 fully saturated rings. The van der Waals surface area contributed by atoms with E-state index in [9.17, 15) is 21.6 Å². The summed E-state index contributed by atoms with van der Waals surface area (Å²) in [5.74, 6) is -0.794. The van der Waals surface area contributed by atoms with E-state index in [0.29, 0.717) is 6.42 Å². The first-order valence-corrected chi connectivity index (χ1v) is 12.0. The van der Waals surface area contributed by atoms with Crippen LogP contribution in [0.15, 0.2) is 34.5 Å². The van der Waals surface area contributed by atoms with Gasteiger partial charge in [0, 0.05) is 6.07 Å². The number of ether oxygens (including phenoxy) is 2. The second kappa shape index (κ2) is 8.80. The molecular weight excluding hydrogens is 428 g/mol. The second-order valence-electron chi connectivity index (χ2n) is 5.55. The van der Waals surface area contributed by atoms with Crippen molar-refractivity contribution in [3.63, 3.8) is 0 Å². The number of carbonyl (C=O) groups excluding carboxylic acids is 1. The zero-order valence-corrected chi connectivity index (χ0v) is 17.8. The van der Waals surface area contributed by atoms with Gasteiger partial charge < -0.3 is 9.47 Å². The van der Waals surface area contributed by atoms with Crippen molar-refractivity contribution < 1.29 is 31.1 Å². The molecular formula is C16H20N2O7S3. The number of benzene rings is 1. The van der Waals surface area contributed by atoms with Crippen LogP contribution >= 0.6 is 11.3 Å². The lowest BCUT2D eigenvalue weighted by Crippen LogP contribution is -2.17. The Hall–Kier alpha value is -2.31. The topological polar surface area (TPSA) is 128 Å². The highest BCUT2D eigenvalue weighted by Gasteiger charge is 2.24. The highest BCUT2D eigenvalue weighted by molar-refractivity contribution is 7.93. The number of sulfonamides is 2. The summed E-state index contributed by atoms with van der Waals surface area (Å²) in [5.41, 5.74) is 0.259. The van der Waals surface area contributed by atoms with Crippen molar-refractivity contribution in [3.8, 4) is 5.75 Å². The smallest absolute Gasteiger partial charge is 0.340 e. The minimum atomic E-state index is -4.11. The standard InChI is InChI=1S/C16H20N2O7S3/c1-4-9-27(20,21)17-11-5-6-14(13(10-11)24-2)28(22,23)18-15-12(7-8-26-15)16(19)25-3/h5-8,10,17-18H,4,9H2,1-3H3. The van der Waals surface area contributed by atoms with Crippen LogP contribution < -0.4 is 14.2 Å². The second-order valence-corrected chi connectivity index (χ2v) is 9.96. The van der Waals surface area contributed by atoms with Gasteiger partial charge in [-0.2, -0.15) is 0 Å². The van der Waals surface area contributed by atoms with E-state index in [-0.39, 0.29) is 32.6 Å². The molecule has 0 spiro atoms. The number of hydrogen-bond donors (Lipinski definition) is 2. The Labute approximate surface area is 167 Å². The van der Waals surface area contributed by atoms with Crippen molar-refractivity contribution in [1.82, 2.24) is 0 Å². The maximum atomic E-state index is 12.8. The highest BCUT2D eigenvalue weighted by Crippen LogP contribution is 2.32. The van der Waals surface area contributed by atoms with Gasteiger partial charge >= 0.3 is 5.97 Å². The van der Waals surface area contributed by atoms with Crippen LogP contribution in [0.25, 0.3) is 0 Å². The monoisotopic (exact) mass is 448 g/mol. The fraction of sp³-hybridized carbons (Fsp3) is 0.312. The van der Waals surface area contributed by atoms with Crippen LogP contribution in [0.5, 0.6) is 5.75 Å². The Balaban J connectivity index is 2.36. The Morgan fingerprint density at radius 1 is 1.11 bits per heavy atom. The quantitative estimate of drug-likeness (QED) is 0.564. The summed E-state index contributed by atoms with van der Waals surface area (Å²) in [6.07, 6.45) is 0.437. The van der Waals surface area contributed by atoms with Gasteiger partial charge in [-0.25, -0.2) is 21.6 Å². The third kappa shape index (κ3) is 5.14. The van der Waals surface area contributed by atoms with Crippen LogP contribution in [0.3, 0.4) is 0 Å². The summed E-state index contributed by atoms with van der Waals surface area (Å²) < 4.78 is 63.8. The molecule has 0 aliphatic rings. The highest BCUT2D eigenvalue weighted by atomic mass is 32.2. The molecule has 154 valence electrons. The minimum Gasteiger partial charge on any atom is -0.495 e. The predicted molar refractivity (Wildman–Crippen MR) is 107 cm³/mol. The number of methoxy groups -OCH3 is 2. The molecule has 1 heterocycles. The Bertz CT molecular complexity index is 1060. The van der Waals surface area contributed by atoms with Crippen LogP contribution in [0.1, 0.15) is 23.7 Å². The van der Waals surface area contributed by atoms with Gasteiger partial charge in [0.15, 0.2) is 0 Å². The maximum absolute atomic E-state index is 12.8. The summed E-state index contributed by atoms with van der Waals surface area (Å²) in [7, 11) is -5.19. The normalized spacial score (nSPS) is 11.7. The zero-order chi connectivity index (χ0) is 20.9. The van der Waals surface area contributed by atoms with Crippen molar-refractivity contribution >= 4 is 48.0 Å². The molecule has 0 unspecified atom stereocenters. The van der Waals surface area contributed by atoms with Crippen molar-refractivity contribution in [1.29, 1.82) is 0 Å². The summed E-state index contributed by atoms with van der Waals surface area (Å²) in [4.78, 5) is 11.5. The first kappa shape index (κ1) is 22.0. The van der Waals surface area contributed by atoms with Crippen molar-refractivity contribution in [2.45, 2.75) is 18.2 Å². The summed E-state index contributed by atoms with van der Waals surface area (Å²) in [6.45, 7) is 1.73. The third-order valence-corrected chi connectivity index (χ3v) is 7.34. The lowest BCUT2D eigenvalue weighted by Gasteiger charge is -2.14. The van der Waals surface area contributed by atoms with Crippen LogP contribution in [0.2, 0.25) is 0 Å². The molecule has 9 nitrogen and oxygen atoms in total. The van der Waals surface area contributed by atoms with Crippen molar-refractivity contribution in [2.75, 3.05) is 29.4 Å². The average Bonchev–Trinajstić information content (AvgIpc) is 3.07. The van der Waals surface area contributed by atoms with E-state index in [4.69, 9.17) is 4.74 Å². The number of nitrogens with one attached hydrogen (secondary N) is 2. The summed E-state index contributed by atoms with van der Waals surface area (Å²) >= 11 is 1.02. The van der Waals surface area contributed by atoms with Gasteiger partial charge in [0.25, 0.3) is 10.0 Å². The molecule has 2 N–H and O–H groups in total. The minimum absolute atomic E-state index is 0.0552. The molecule has 0 aliphatic carbocycles. The van der Waals surface area contributed by atoms with Gasteiger partial charge in [0.05, 0.1) is 31.2 Å². The van der Waals surface area contributed by atoms with Crippen LogP contribution in [0.4, 0.5) is 10.7 Å². The molecule has 2 rings (SSSR count). The van der Waals surface area contributed by atoms with Gasteiger partial charge in [0.2, 0.25) is 10.0 Å². The lowest BCUT2D eigenvalue weighted by atomic mass is 10.3. The number of carbonyl (C=O) groups is 1. The third-order valence-electron chi connectivity index (χ3n) is 3.50. The average molecular weight is 449 g/mol. The number of esters is 1. The maximum Gasteiger partial charge on any atom is 0.340 e. The van der Waals surface area contributed by atoms with Crippen molar-refractivity contribution in [3.05, 3.63) is 35.2 Å². The van der Waals surface area contributed by atoms with Crippen LogP contribution in [-0.2, 0) is 24.8 Å². The molecule has 0 radical (unpaired) electrons. The van der Waals surface area contributed by atoms with Crippen LogP contribution in [0, 0.1) is 0 Å². The molecule has 1 aromatic carbocycles. The van der Waals surface area contributed by atoms with E-state index in [1.807, 2.05) is 0 Å². The Morgan fingerprint density at radius 2 is 1.82 bits per heavy atom. The predicted octanol–water partition coefficient (Wildman–Crippen LogP) is 2.50. The molecule has 0 bridgehead atoms. The Kier molecular flexibility index (Phi) is 6.91. The largest absolute Gasteiger partial charge is 0.495 e. The number of rotatable bonds is 9. The first-order chi connectivity index (χ1) is 13.1. The van der Waals surface area contributed by atoms with E-state index < -0.39 is 26.0 Å². The summed E-state index contributed by atoms with van der Waals surface area (Å²) in [6, 6.07) is 5.25. The van der Waals surface area contributed by atoms with Gasteiger partial charge in [0.1, 0.15) is 15.6 Å². The summed E-state index contributed by atoms with van der Waals surface area (Å²) in [5, 5.41) is 1.65. The fourth-order valence-corrected chi connectivity index (χ4v) is 5.67. The molecule has 0 atom stereocenters. The van der Waals surface area contributed by atoms with Gasteiger partial charge in [-0.1, -0.05) is 6.92 Å². The molecule has 0 saturated carbocycles. The van der Waals surface area contributed by atoms with Crippen molar-refractivity contribution in [2.24, 2.45) is 0 Å². The first-order valence-electron chi connectivity index (χ1n) is 8.00. The van der Waals surface area contributed by atoms with E-state index in [1.165, 1.54) is 38.5 Å². The van der Waals surface area contributed by atoms with Crippen LogP contribution in [-0.4, -0.2) is 42.8 Å². The molecule has 12 heteroatoms. The van der Waals surface area contributed by atoms with Gasteiger partial charge in [-0.05, 0) is 30.0 Å².